The number of benzene rings is 1. The first-order chi connectivity index (χ1) is 10.3. The van der Waals surface area contributed by atoms with Crippen LogP contribution in [0.3, 0.4) is 0 Å². The number of anilines is 1. The van der Waals surface area contributed by atoms with Crippen LogP contribution in [-0.4, -0.2) is 28.6 Å². The molecule has 0 saturated heterocycles. The number of hydrogen-bond donors (Lipinski definition) is 1. The van der Waals surface area contributed by atoms with Crippen LogP contribution in [0.1, 0.15) is 24.1 Å². The maximum Gasteiger partial charge on any atom is 0.280 e. The fraction of sp³-hybridized carbons (Fsp3) is 0.353. The summed E-state index contributed by atoms with van der Waals surface area (Å²) in [7, 11) is 0. The Bertz CT molecular complexity index is 665. The molecule has 0 bridgehead atoms. The molecular formula is C17H19N2OS+. The van der Waals surface area contributed by atoms with E-state index in [2.05, 4.69) is 33.7 Å². The van der Waals surface area contributed by atoms with Gasteiger partial charge in [0.15, 0.2) is 6.54 Å². The van der Waals surface area contributed by atoms with Gasteiger partial charge in [0.05, 0.1) is 11.4 Å². The average Bonchev–Trinajstić information content (AvgIpc) is 3.17. The molecule has 108 valence electrons. The number of para-hydroxylation sites is 1. The van der Waals surface area contributed by atoms with E-state index in [-0.39, 0.29) is 0 Å². The van der Waals surface area contributed by atoms with Gasteiger partial charge in [0.25, 0.3) is 11.6 Å². The molecule has 0 amide bonds. The minimum atomic E-state index is -0.875. The summed E-state index contributed by atoms with van der Waals surface area (Å²) in [6.07, 6.45) is 3.40. The van der Waals surface area contributed by atoms with Gasteiger partial charge >= 0.3 is 0 Å². The van der Waals surface area contributed by atoms with Gasteiger partial charge in [-0.3, -0.25) is 0 Å². The molecule has 2 aliphatic heterocycles. The standard InChI is InChI=1S/C17H19N2OS/c20-17(15-9-6-12-21-15)13-18(14-7-2-1-3-8-14)16-10-4-5-11-19(16)17/h1-3,6-9,12,20H,4-5,10-11,13H2/q+1/t17-/m1/s1. The molecule has 0 unspecified atom stereocenters. The Balaban J connectivity index is 1.81. The van der Waals surface area contributed by atoms with Crippen LogP contribution in [0, 0.1) is 0 Å². The smallest absolute Gasteiger partial charge is 0.280 e. The summed E-state index contributed by atoms with van der Waals surface area (Å²) in [5, 5.41) is 13.4. The van der Waals surface area contributed by atoms with Crippen molar-refractivity contribution in [1.29, 1.82) is 0 Å². The Hall–Kier alpha value is -1.65. The number of hydrogen-bond acceptors (Lipinski definition) is 3. The van der Waals surface area contributed by atoms with E-state index in [1.807, 2.05) is 23.6 Å². The summed E-state index contributed by atoms with van der Waals surface area (Å²) in [6, 6.07) is 14.5. The van der Waals surface area contributed by atoms with Crippen molar-refractivity contribution in [3.05, 3.63) is 52.7 Å². The van der Waals surface area contributed by atoms with Gasteiger partial charge in [0.1, 0.15) is 5.69 Å². The Kier molecular flexibility index (Phi) is 3.08. The predicted molar refractivity (Wildman–Crippen MR) is 86.0 cm³/mol. The molecule has 1 aromatic heterocycles. The van der Waals surface area contributed by atoms with Crippen LogP contribution >= 0.6 is 11.3 Å². The zero-order valence-corrected chi connectivity index (χ0v) is 12.7. The largest absolute Gasteiger partial charge is 0.346 e. The van der Waals surface area contributed by atoms with Crippen molar-refractivity contribution >= 4 is 22.9 Å². The van der Waals surface area contributed by atoms with E-state index in [0.717, 1.165) is 24.3 Å². The zero-order chi connectivity index (χ0) is 14.3. The highest BCUT2D eigenvalue weighted by Crippen LogP contribution is 2.37. The van der Waals surface area contributed by atoms with E-state index < -0.39 is 5.72 Å². The van der Waals surface area contributed by atoms with Gasteiger partial charge in [-0.1, -0.05) is 24.3 Å². The first kappa shape index (κ1) is 13.0. The fourth-order valence-corrected chi connectivity index (χ4v) is 4.28. The van der Waals surface area contributed by atoms with E-state index in [9.17, 15) is 5.11 Å². The Morgan fingerprint density at radius 3 is 2.71 bits per heavy atom. The number of rotatable bonds is 2. The number of nitrogens with zero attached hydrogens (tertiary/aromatic N) is 2. The van der Waals surface area contributed by atoms with Crippen LogP contribution < -0.4 is 4.90 Å². The minimum Gasteiger partial charge on any atom is -0.346 e. The second-order valence-corrected chi connectivity index (χ2v) is 6.69. The van der Waals surface area contributed by atoms with Crippen molar-refractivity contribution in [2.75, 3.05) is 18.0 Å². The van der Waals surface area contributed by atoms with Crippen LogP contribution in [0.5, 0.6) is 0 Å². The summed E-state index contributed by atoms with van der Waals surface area (Å²) in [5.41, 5.74) is 0.298. The normalized spacial score (nSPS) is 25.3. The number of aliphatic hydroxyl groups is 1. The topological polar surface area (TPSA) is 26.5 Å². The Morgan fingerprint density at radius 1 is 1.10 bits per heavy atom. The first-order valence-electron chi connectivity index (χ1n) is 7.51. The first-order valence-corrected chi connectivity index (χ1v) is 8.39. The summed E-state index contributed by atoms with van der Waals surface area (Å²) in [6.45, 7) is 1.56. The molecule has 1 N–H and O–H groups in total. The van der Waals surface area contributed by atoms with Gasteiger partial charge in [-0.05, 0) is 36.4 Å². The van der Waals surface area contributed by atoms with Crippen molar-refractivity contribution < 1.29 is 9.68 Å². The lowest BCUT2D eigenvalue weighted by Crippen LogP contribution is -2.40. The van der Waals surface area contributed by atoms with Crippen molar-refractivity contribution in [3.8, 4) is 0 Å². The molecule has 21 heavy (non-hydrogen) atoms. The summed E-state index contributed by atoms with van der Waals surface area (Å²) >= 11 is 1.64. The van der Waals surface area contributed by atoms with Gasteiger partial charge in [-0.2, -0.15) is 0 Å². The second-order valence-electron chi connectivity index (χ2n) is 5.74. The van der Waals surface area contributed by atoms with E-state index >= 15 is 0 Å². The molecule has 0 fully saturated rings. The highest BCUT2D eigenvalue weighted by Gasteiger charge is 2.53. The fourth-order valence-electron chi connectivity index (χ4n) is 3.46. The molecule has 2 aliphatic rings. The van der Waals surface area contributed by atoms with Crippen molar-refractivity contribution in [2.45, 2.75) is 25.0 Å². The molecule has 0 spiro atoms. The van der Waals surface area contributed by atoms with Crippen LogP contribution in [-0.2, 0) is 5.72 Å². The molecule has 0 aliphatic carbocycles. The molecule has 4 heteroatoms. The van der Waals surface area contributed by atoms with E-state index in [1.54, 1.807) is 11.3 Å². The zero-order valence-electron chi connectivity index (χ0n) is 11.9. The molecule has 1 aromatic carbocycles. The van der Waals surface area contributed by atoms with Crippen LogP contribution in [0.2, 0.25) is 0 Å². The van der Waals surface area contributed by atoms with Crippen LogP contribution in [0.4, 0.5) is 5.69 Å². The van der Waals surface area contributed by atoms with Gasteiger partial charge in [-0.25, -0.2) is 9.48 Å². The van der Waals surface area contributed by atoms with Gasteiger partial charge in [-0.15, -0.1) is 11.3 Å². The molecule has 4 rings (SSSR count). The average molecular weight is 299 g/mol. The van der Waals surface area contributed by atoms with Crippen molar-refractivity contribution in [1.82, 2.24) is 0 Å². The predicted octanol–water partition coefficient (Wildman–Crippen LogP) is 3.01. The van der Waals surface area contributed by atoms with Gasteiger partial charge < -0.3 is 5.11 Å². The molecule has 2 aromatic rings. The van der Waals surface area contributed by atoms with E-state index in [1.165, 1.54) is 17.9 Å². The van der Waals surface area contributed by atoms with Crippen molar-refractivity contribution in [3.63, 3.8) is 0 Å². The Labute approximate surface area is 128 Å². The number of β-amino-alcohol motifs (C(OH)–C–C–N with tert-alkyl or cyclic N) is 1. The molecule has 1 atom stereocenters. The lowest BCUT2D eigenvalue weighted by atomic mass is 10.1. The minimum absolute atomic E-state index is 0.618. The van der Waals surface area contributed by atoms with Crippen LogP contribution in [0.15, 0.2) is 47.8 Å². The van der Waals surface area contributed by atoms with Gasteiger partial charge in [0.2, 0.25) is 0 Å². The SMILES string of the molecule is O[C@@]1(c2cccs2)CN(c2ccccc2)C2=[N+]1CCCC2. The summed E-state index contributed by atoms with van der Waals surface area (Å²) in [5.74, 6) is 1.27. The lowest BCUT2D eigenvalue weighted by Gasteiger charge is -2.22. The lowest BCUT2D eigenvalue weighted by molar-refractivity contribution is -0.660. The monoisotopic (exact) mass is 299 g/mol. The third-order valence-corrected chi connectivity index (χ3v) is 5.47. The van der Waals surface area contributed by atoms with E-state index in [0.29, 0.717) is 6.54 Å². The molecule has 0 radical (unpaired) electrons. The van der Waals surface area contributed by atoms with E-state index in [4.69, 9.17) is 0 Å². The maximum absolute atomic E-state index is 11.4. The van der Waals surface area contributed by atoms with Gasteiger partial charge in [0, 0.05) is 6.42 Å². The summed E-state index contributed by atoms with van der Waals surface area (Å²) in [4.78, 5) is 3.33. The second kappa shape index (κ2) is 4.97. The number of amidine groups is 1. The molecule has 3 heterocycles. The molecule has 3 nitrogen and oxygen atoms in total. The third-order valence-electron chi connectivity index (χ3n) is 4.46. The highest BCUT2D eigenvalue weighted by atomic mass is 32.1. The summed E-state index contributed by atoms with van der Waals surface area (Å²) < 4.78 is 2.22. The molecular weight excluding hydrogens is 280 g/mol. The number of thiophene rings is 1. The molecule has 0 saturated carbocycles. The van der Waals surface area contributed by atoms with Crippen LogP contribution in [0.25, 0.3) is 0 Å². The third kappa shape index (κ3) is 2.01. The Morgan fingerprint density at radius 2 is 1.95 bits per heavy atom. The quantitative estimate of drug-likeness (QED) is 0.863. The maximum atomic E-state index is 11.4. The highest BCUT2D eigenvalue weighted by molar-refractivity contribution is 7.10. The van der Waals surface area contributed by atoms with Crippen molar-refractivity contribution in [2.24, 2.45) is 0 Å².